The third-order valence-electron chi connectivity index (χ3n) is 7.88. The van der Waals surface area contributed by atoms with E-state index in [9.17, 15) is 5.26 Å². The summed E-state index contributed by atoms with van der Waals surface area (Å²) in [4.78, 5) is 0. The predicted molar refractivity (Wildman–Crippen MR) is 171 cm³/mol. The Hall–Kier alpha value is -5.79. The number of nitrogens with zero attached hydrogens (tertiary/aromatic N) is 2. The lowest BCUT2D eigenvalue weighted by Gasteiger charge is -2.22. The largest absolute Gasteiger partial charge is 0.439 e. The smallest absolute Gasteiger partial charge is 0.213 e. The van der Waals surface area contributed by atoms with Gasteiger partial charge in [-0.15, -0.1) is 0 Å². The lowest BCUT2D eigenvalue weighted by Crippen LogP contribution is -2.08. The highest BCUT2D eigenvalue weighted by atomic mass is 16.5. The number of nitriles is 1. The summed E-state index contributed by atoms with van der Waals surface area (Å²) in [6, 6.07) is 42.8. The molecule has 4 heteroatoms. The highest BCUT2D eigenvalue weighted by molar-refractivity contribution is 5.97. The zero-order chi connectivity index (χ0) is 28.6. The van der Waals surface area contributed by atoms with Crippen LogP contribution in [0.1, 0.15) is 39.3 Å². The summed E-state index contributed by atoms with van der Waals surface area (Å²) < 4.78 is 8.92. The number of benzene rings is 5. The molecule has 1 aliphatic heterocycles. The Morgan fingerprint density at radius 1 is 0.762 bits per heavy atom. The first-order valence-corrected chi connectivity index (χ1v) is 13.8. The summed E-state index contributed by atoms with van der Waals surface area (Å²) in [6.07, 6.45) is 4.15. The van der Waals surface area contributed by atoms with Crippen molar-refractivity contribution >= 4 is 28.2 Å². The van der Waals surface area contributed by atoms with Crippen LogP contribution in [0.4, 0.5) is 5.69 Å². The normalized spacial score (nSPS) is 13.6. The van der Waals surface area contributed by atoms with Crippen molar-refractivity contribution in [2.75, 3.05) is 5.73 Å². The number of ether oxygens (including phenoxy) is 1. The summed E-state index contributed by atoms with van der Waals surface area (Å²) >= 11 is 0. The van der Waals surface area contributed by atoms with Crippen molar-refractivity contribution < 1.29 is 4.74 Å². The van der Waals surface area contributed by atoms with Crippen LogP contribution < -0.4 is 10.5 Å². The minimum Gasteiger partial charge on any atom is -0.439 e. The number of para-hydroxylation sites is 3. The number of fused-ring (bicyclic) bond motifs is 4. The van der Waals surface area contributed by atoms with E-state index in [0.29, 0.717) is 11.3 Å². The summed E-state index contributed by atoms with van der Waals surface area (Å²) in [6.45, 7) is 4.28. The third-order valence-corrected chi connectivity index (χ3v) is 7.88. The van der Waals surface area contributed by atoms with Crippen LogP contribution in [0.5, 0.6) is 11.6 Å². The van der Waals surface area contributed by atoms with E-state index in [1.807, 2.05) is 66.7 Å². The Kier molecular flexibility index (Phi) is 6.19. The summed E-state index contributed by atoms with van der Waals surface area (Å²) in [5.41, 5.74) is 15.8. The van der Waals surface area contributed by atoms with Crippen molar-refractivity contribution in [3.63, 3.8) is 0 Å². The van der Waals surface area contributed by atoms with Gasteiger partial charge in [0.05, 0.1) is 17.1 Å². The first kappa shape index (κ1) is 25.2. The molecule has 0 saturated heterocycles. The van der Waals surface area contributed by atoms with Gasteiger partial charge in [0.25, 0.3) is 0 Å². The summed E-state index contributed by atoms with van der Waals surface area (Å²) in [7, 11) is 0. The van der Waals surface area contributed by atoms with Crippen LogP contribution in [-0.4, -0.2) is 4.57 Å². The SMILES string of the molecule is C=C1/C=C\c2c(n(-c3cccc(C(c4cccc(C#N)c4)c4ccccc4N)c3)c3ccccc23)Oc2ccccc21. The number of anilines is 1. The van der Waals surface area contributed by atoms with Gasteiger partial charge in [-0.3, -0.25) is 4.57 Å². The number of nitrogens with two attached hydrogens (primary N) is 1. The molecule has 0 spiro atoms. The average molecular weight is 542 g/mol. The molecule has 0 saturated carbocycles. The molecule has 1 atom stereocenters. The predicted octanol–water partition coefficient (Wildman–Crippen LogP) is 9.10. The van der Waals surface area contributed by atoms with E-state index in [0.717, 1.165) is 61.6 Å². The molecule has 6 aromatic rings. The van der Waals surface area contributed by atoms with Crippen molar-refractivity contribution in [2.24, 2.45) is 0 Å². The first-order valence-electron chi connectivity index (χ1n) is 13.8. The molecular weight excluding hydrogens is 514 g/mol. The zero-order valence-corrected chi connectivity index (χ0v) is 22.9. The van der Waals surface area contributed by atoms with Gasteiger partial charge in [-0.2, -0.15) is 5.26 Å². The molecular formula is C38H27N3O. The molecule has 7 rings (SSSR count). The number of hydrogen-bond acceptors (Lipinski definition) is 3. The third kappa shape index (κ3) is 4.25. The van der Waals surface area contributed by atoms with Gasteiger partial charge in [0.2, 0.25) is 5.88 Å². The van der Waals surface area contributed by atoms with Crippen molar-refractivity contribution in [1.82, 2.24) is 4.57 Å². The van der Waals surface area contributed by atoms with Crippen LogP contribution in [0.15, 0.2) is 134 Å². The van der Waals surface area contributed by atoms with Crippen LogP contribution in [0.25, 0.3) is 28.2 Å². The van der Waals surface area contributed by atoms with E-state index in [2.05, 4.69) is 84.0 Å². The Labute approximate surface area is 244 Å². The Balaban J connectivity index is 1.46. The topological polar surface area (TPSA) is 64.0 Å². The monoisotopic (exact) mass is 541 g/mol. The Bertz CT molecular complexity index is 2070. The molecule has 0 fully saturated rings. The van der Waals surface area contributed by atoms with Gasteiger partial charge >= 0.3 is 0 Å². The molecule has 1 aliphatic rings. The standard InChI is InChI=1S/C38H27N3O/c1-25-20-21-32-31-15-3-6-18-35(31)41(38(32)42-36-19-7-4-14-30(25)36)29-13-9-12-28(23-29)37(33-16-2-5-17-34(33)40)27-11-8-10-26(22-27)24-39/h2-23,37H,1,40H2/b21-20-. The number of allylic oxidation sites excluding steroid dienone is 2. The van der Waals surface area contributed by atoms with Crippen LogP contribution in [0.3, 0.4) is 0 Å². The van der Waals surface area contributed by atoms with E-state index in [-0.39, 0.29) is 5.92 Å². The first-order chi connectivity index (χ1) is 20.6. The molecule has 4 nitrogen and oxygen atoms in total. The summed E-state index contributed by atoms with van der Waals surface area (Å²) in [5.74, 6) is 1.33. The minimum atomic E-state index is -0.173. The van der Waals surface area contributed by atoms with Crippen LogP contribution in [0.2, 0.25) is 0 Å². The van der Waals surface area contributed by atoms with Crippen molar-refractivity contribution in [3.05, 3.63) is 167 Å². The number of hydrogen-bond donors (Lipinski definition) is 1. The molecule has 0 radical (unpaired) electrons. The quantitative estimate of drug-likeness (QED) is 0.179. The lowest BCUT2D eigenvalue weighted by atomic mass is 9.83. The second kappa shape index (κ2) is 10.3. The molecule has 0 bridgehead atoms. The maximum absolute atomic E-state index is 9.65. The Morgan fingerprint density at radius 2 is 1.50 bits per heavy atom. The second-order valence-corrected chi connectivity index (χ2v) is 10.4. The second-order valence-electron chi connectivity index (χ2n) is 10.4. The van der Waals surface area contributed by atoms with Crippen LogP contribution in [-0.2, 0) is 0 Å². The maximum Gasteiger partial charge on any atom is 0.213 e. The average Bonchev–Trinajstić information content (AvgIpc) is 3.33. The molecule has 1 aromatic heterocycles. The molecule has 5 aromatic carbocycles. The zero-order valence-electron chi connectivity index (χ0n) is 22.9. The number of rotatable bonds is 4. The molecule has 2 heterocycles. The van der Waals surface area contributed by atoms with Gasteiger partial charge in [0, 0.05) is 33.8 Å². The molecule has 42 heavy (non-hydrogen) atoms. The van der Waals surface area contributed by atoms with E-state index >= 15 is 0 Å². The molecule has 2 N–H and O–H groups in total. The molecule has 1 unspecified atom stereocenters. The maximum atomic E-state index is 9.65. The number of nitrogen functional groups attached to an aromatic ring is 1. The van der Waals surface area contributed by atoms with E-state index in [1.54, 1.807) is 0 Å². The van der Waals surface area contributed by atoms with Crippen molar-refractivity contribution in [2.45, 2.75) is 5.92 Å². The van der Waals surface area contributed by atoms with Gasteiger partial charge in [-0.25, -0.2) is 0 Å². The highest BCUT2D eigenvalue weighted by Gasteiger charge is 2.24. The van der Waals surface area contributed by atoms with Gasteiger partial charge < -0.3 is 10.5 Å². The van der Waals surface area contributed by atoms with Gasteiger partial charge in [-0.05, 0) is 70.8 Å². The van der Waals surface area contributed by atoms with E-state index in [1.165, 1.54) is 0 Å². The van der Waals surface area contributed by atoms with Crippen molar-refractivity contribution in [3.8, 4) is 23.4 Å². The lowest BCUT2D eigenvalue weighted by molar-refractivity contribution is 0.452. The van der Waals surface area contributed by atoms with Crippen LogP contribution in [0, 0.1) is 11.3 Å². The summed E-state index contributed by atoms with van der Waals surface area (Å²) in [5, 5.41) is 10.7. The molecule has 0 amide bonds. The fraction of sp³-hybridized carbons (Fsp3) is 0.0263. The molecule has 200 valence electrons. The van der Waals surface area contributed by atoms with E-state index < -0.39 is 0 Å². The van der Waals surface area contributed by atoms with Crippen molar-refractivity contribution in [1.29, 1.82) is 5.26 Å². The molecule has 0 aliphatic carbocycles. The van der Waals surface area contributed by atoms with Gasteiger partial charge in [0.1, 0.15) is 5.75 Å². The van der Waals surface area contributed by atoms with E-state index in [4.69, 9.17) is 10.5 Å². The highest BCUT2D eigenvalue weighted by Crippen LogP contribution is 2.43. The minimum absolute atomic E-state index is 0.173. The Morgan fingerprint density at radius 3 is 2.36 bits per heavy atom. The van der Waals surface area contributed by atoms with Gasteiger partial charge in [-0.1, -0.05) is 91.5 Å². The van der Waals surface area contributed by atoms with Crippen LogP contribution >= 0.6 is 0 Å². The fourth-order valence-corrected chi connectivity index (χ4v) is 5.91. The fourth-order valence-electron chi connectivity index (χ4n) is 5.91. The number of aromatic nitrogens is 1. The van der Waals surface area contributed by atoms with Gasteiger partial charge in [0.15, 0.2) is 0 Å².